The highest BCUT2D eigenvalue weighted by molar-refractivity contribution is 6.39. The molecule has 4 nitrogen and oxygen atoms in total. The summed E-state index contributed by atoms with van der Waals surface area (Å²) in [4.78, 5) is 11.1. The van der Waals surface area contributed by atoms with Gasteiger partial charge in [-0.1, -0.05) is 0 Å². The van der Waals surface area contributed by atoms with E-state index in [1.807, 2.05) is 0 Å². The summed E-state index contributed by atoms with van der Waals surface area (Å²) < 4.78 is 0.792. The summed E-state index contributed by atoms with van der Waals surface area (Å²) in [6.07, 6.45) is 3.62. The molecule has 1 aliphatic heterocycles. The molecule has 0 spiro atoms. The Kier molecular flexibility index (Phi) is 3.63. The van der Waals surface area contributed by atoms with E-state index in [0.717, 1.165) is 17.6 Å². The number of rotatable bonds is 3. The third kappa shape index (κ3) is 2.80. The topological polar surface area (TPSA) is 52.5 Å². The minimum Gasteiger partial charge on any atom is -0.792 e. The van der Waals surface area contributed by atoms with Crippen LogP contribution in [-0.4, -0.2) is 42.7 Å². The summed E-state index contributed by atoms with van der Waals surface area (Å²) in [5.74, 6) is -0.190. The standard InChI is InChI=1S/C10H18N2O2/c1-9(13)10(11-14)8-12(2)6-4-3-5-7-12/h3-8H2,1-2H3. The predicted molar refractivity (Wildman–Crippen MR) is 56.1 cm³/mol. The lowest BCUT2D eigenvalue weighted by Crippen LogP contribution is -2.51. The molecule has 0 bridgehead atoms. The van der Waals surface area contributed by atoms with Crippen molar-refractivity contribution >= 4 is 11.5 Å². The first-order chi connectivity index (χ1) is 6.57. The zero-order valence-corrected chi connectivity index (χ0v) is 8.95. The van der Waals surface area contributed by atoms with E-state index < -0.39 is 0 Å². The summed E-state index contributed by atoms with van der Waals surface area (Å²) in [6, 6.07) is 0. The molecule has 0 amide bonds. The van der Waals surface area contributed by atoms with Crippen LogP contribution in [0.4, 0.5) is 0 Å². The van der Waals surface area contributed by atoms with E-state index in [4.69, 9.17) is 0 Å². The van der Waals surface area contributed by atoms with Gasteiger partial charge in [0.25, 0.3) is 0 Å². The van der Waals surface area contributed by atoms with Crippen LogP contribution in [0.1, 0.15) is 26.2 Å². The van der Waals surface area contributed by atoms with Crippen molar-refractivity contribution in [1.29, 1.82) is 0 Å². The average Bonchev–Trinajstić information content (AvgIpc) is 2.15. The normalized spacial score (nSPS) is 22.0. The van der Waals surface area contributed by atoms with Gasteiger partial charge in [0.05, 0.1) is 20.1 Å². The largest absolute Gasteiger partial charge is 0.792 e. The summed E-state index contributed by atoms with van der Waals surface area (Å²) in [7, 11) is 2.09. The number of carbonyl (C=O) groups is 1. The van der Waals surface area contributed by atoms with Gasteiger partial charge in [-0.3, -0.25) is 4.79 Å². The van der Waals surface area contributed by atoms with Crippen LogP contribution in [0.3, 0.4) is 0 Å². The maximum Gasteiger partial charge on any atom is 0.178 e. The number of hydrogen-bond acceptors (Lipinski definition) is 3. The number of likely N-dealkylation sites (tertiary alicyclic amines) is 1. The zero-order valence-electron chi connectivity index (χ0n) is 8.95. The zero-order chi connectivity index (χ0) is 10.6. The first kappa shape index (κ1) is 11.2. The van der Waals surface area contributed by atoms with E-state index >= 15 is 0 Å². The molecule has 0 aliphatic carbocycles. The fourth-order valence-corrected chi connectivity index (χ4v) is 2.00. The SMILES string of the molecule is CC(=O)/C(C[N+]1(C)CCCCC1)=N\[O-]. The maximum absolute atomic E-state index is 11.1. The van der Waals surface area contributed by atoms with Crippen LogP contribution >= 0.6 is 0 Å². The van der Waals surface area contributed by atoms with E-state index in [0.29, 0.717) is 6.54 Å². The second-order valence-corrected chi connectivity index (χ2v) is 4.38. The highest BCUT2D eigenvalue weighted by atomic mass is 16.4. The van der Waals surface area contributed by atoms with Crippen LogP contribution in [0.15, 0.2) is 5.16 Å². The number of Topliss-reactive ketones (excluding diaryl/α,β-unsaturated/α-hetero) is 1. The van der Waals surface area contributed by atoms with Gasteiger partial charge in [-0.15, -0.1) is 0 Å². The lowest BCUT2D eigenvalue weighted by atomic mass is 10.1. The maximum atomic E-state index is 11.1. The molecule has 0 N–H and O–H groups in total. The molecule has 1 aliphatic rings. The number of carbonyl (C=O) groups excluding carboxylic acids is 1. The van der Waals surface area contributed by atoms with Crippen LogP contribution in [0.2, 0.25) is 0 Å². The molecule has 80 valence electrons. The van der Waals surface area contributed by atoms with E-state index in [1.165, 1.54) is 26.2 Å². The molecule has 1 rings (SSSR count). The van der Waals surface area contributed by atoms with Gasteiger partial charge in [-0.2, -0.15) is 0 Å². The first-order valence-electron chi connectivity index (χ1n) is 5.11. The molecule has 0 aromatic rings. The van der Waals surface area contributed by atoms with Crippen LogP contribution in [0.5, 0.6) is 0 Å². The van der Waals surface area contributed by atoms with Gasteiger partial charge in [-0.25, -0.2) is 0 Å². The molecule has 0 radical (unpaired) electrons. The van der Waals surface area contributed by atoms with Gasteiger partial charge in [0.15, 0.2) is 5.78 Å². The molecule has 0 aromatic heterocycles. The number of hydrogen-bond donors (Lipinski definition) is 0. The number of ketones is 1. The Balaban J connectivity index is 2.60. The van der Waals surface area contributed by atoms with Crippen molar-refractivity contribution in [2.24, 2.45) is 5.16 Å². The highest BCUT2D eigenvalue weighted by Gasteiger charge is 2.27. The van der Waals surface area contributed by atoms with Gasteiger partial charge in [-0.05, 0) is 19.3 Å². The Morgan fingerprint density at radius 2 is 1.93 bits per heavy atom. The van der Waals surface area contributed by atoms with E-state index in [-0.39, 0.29) is 11.5 Å². The molecule has 14 heavy (non-hydrogen) atoms. The quantitative estimate of drug-likeness (QED) is 0.388. The second-order valence-electron chi connectivity index (χ2n) is 4.38. The number of nitrogens with zero attached hydrogens (tertiary/aromatic N) is 2. The summed E-state index contributed by atoms with van der Waals surface area (Å²) in [6.45, 7) is 4.00. The molecule has 0 atom stereocenters. The first-order valence-corrected chi connectivity index (χ1v) is 5.11. The van der Waals surface area contributed by atoms with Gasteiger partial charge >= 0.3 is 0 Å². The fraction of sp³-hybridized carbons (Fsp3) is 0.800. The number of quaternary nitrogens is 1. The van der Waals surface area contributed by atoms with Gasteiger partial charge < -0.3 is 14.8 Å². The monoisotopic (exact) mass is 198 g/mol. The molecular weight excluding hydrogens is 180 g/mol. The third-order valence-electron chi connectivity index (χ3n) is 2.94. The molecule has 1 heterocycles. The predicted octanol–water partition coefficient (Wildman–Crippen LogP) is 1.14. The lowest BCUT2D eigenvalue weighted by molar-refractivity contribution is -0.905. The van der Waals surface area contributed by atoms with Crippen molar-refractivity contribution in [3.63, 3.8) is 0 Å². The molecule has 1 saturated heterocycles. The Labute approximate surface area is 84.8 Å². The van der Waals surface area contributed by atoms with Gasteiger partial charge in [0.1, 0.15) is 12.3 Å². The van der Waals surface area contributed by atoms with Crippen molar-refractivity contribution in [2.75, 3.05) is 26.7 Å². The Bertz CT molecular complexity index is 243. The Hall–Kier alpha value is -0.900. The Morgan fingerprint density at radius 3 is 2.36 bits per heavy atom. The van der Waals surface area contributed by atoms with Crippen LogP contribution in [-0.2, 0) is 4.79 Å². The molecule has 0 unspecified atom stereocenters. The van der Waals surface area contributed by atoms with E-state index in [1.54, 1.807) is 0 Å². The minimum absolute atomic E-state index is 0.189. The molecule has 0 saturated carbocycles. The van der Waals surface area contributed by atoms with Crippen molar-refractivity contribution in [3.05, 3.63) is 5.21 Å². The Morgan fingerprint density at radius 1 is 1.36 bits per heavy atom. The number of piperidine rings is 1. The van der Waals surface area contributed by atoms with Gasteiger partial charge in [0, 0.05) is 6.92 Å². The smallest absolute Gasteiger partial charge is 0.178 e. The van der Waals surface area contributed by atoms with Crippen LogP contribution in [0.25, 0.3) is 0 Å². The lowest BCUT2D eigenvalue weighted by Gasteiger charge is -2.37. The van der Waals surface area contributed by atoms with Crippen LogP contribution < -0.4 is 0 Å². The van der Waals surface area contributed by atoms with Crippen LogP contribution in [0, 0.1) is 5.21 Å². The highest BCUT2D eigenvalue weighted by Crippen LogP contribution is 2.16. The summed E-state index contributed by atoms with van der Waals surface area (Å²) >= 11 is 0. The summed E-state index contributed by atoms with van der Waals surface area (Å²) in [5.41, 5.74) is 0.189. The second kappa shape index (κ2) is 4.55. The van der Waals surface area contributed by atoms with Crippen molar-refractivity contribution in [3.8, 4) is 0 Å². The molecule has 4 heteroatoms. The van der Waals surface area contributed by atoms with Gasteiger partial charge in [0.2, 0.25) is 0 Å². The average molecular weight is 198 g/mol. The molecular formula is C10H18N2O2. The minimum atomic E-state index is -0.190. The fourth-order valence-electron chi connectivity index (χ4n) is 2.00. The van der Waals surface area contributed by atoms with E-state index in [9.17, 15) is 10.0 Å². The van der Waals surface area contributed by atoms with E-state index in [2.05, 4.69) is 12.2 Å². The molecule has 0 aromatic carbocycles. The van der Waals surface area contributed by atoms with Crippen molar-refractivity contribution < 1.29 is 9.28 Å². The third-order valence-corrected chi connectivity index (χ3v) is 2.94. The summed E-state index contributed by atoms with van der Waals surface area (Å²) in [5, 5.41) is 13.3. The molecule has 1 fully saturated rings. The van der Waals surface area contributed by atoms with Crippen molar-refractivity contribution in [2.45, 2.75) is 26.2 Å². The van der Waals surface area contributed by atoms with Crippen molar-refractivity contribution in [1.82, 2.24) is 0 Å².